The Morgan fingerprint density at radius 3 is 2.83 bits per heavy atom. The normalized spacial score (nSPS) is 19.3. The quantitative estimate of drug-likeness (QED) is 0.859. The standard InChI is InChI=1S/C14H16N2S2/c1-17-11-6-4-10(5-7-11)14-16-13(9-18-14)12-3-2-8-15-12/h4-7,9,12,15H,2-3,8H2,1H3/t12-/m0/s1. The zero-order chi connectivity index (χ0) is 12.4. The number of hydrogen-bond donors (Lipinski definition) is 1. The molecule has 1 saturated heterocycles. The SMILES string of the molecule is CSc1ccc(-c2nc([C@@H]3CCCN3)cs2)cc1. The number of nitrogens with one attached hydrogen (secondary N) is 1. The fourth-order valence-electron chi connectivity index (χ4n) is 2.25. The van der Waals surface area contributed by atoms with E-state index in [-0.39, 0.29) is 0 Å². The summed E-state index contributed by atoms with van der Waals surface area (Å²) in [6, 6.07) is 9.12. The van der Waals surface area contributed by atoms with Crippen molar-refractivity contribution >= 4 is 23.1 Å². The Bertz CT molecular complexity index is 513. The summed E-state index contributed by atoms with van der Waals surface area (Å²) in [6.07, 6.45) is 4.58. The predicted molar refractivity (Wildman–Crippen MR) is 79.3 cm³/mol. The first-order valence-corrected chi connectivity index (χ1v) is 8.30. The van der Waals surface area contributed by atoms with Gasteiger partial charge in [-0.25, -0.2) is 4.98 Å². The predicted octanol–water partition coefficient (Wildman–Crippen LogP) is 3.96. The maximum Gasteiger partial charge on any atom is 0.123 e. The van der Waals surface area contributed by atoms with E-state index in [1.807, 2.05) is 0 Å². The molecule has 1 N–H and O–H groups in total. The molecule has 1 aliphatic rings. The van der Waals surface area contributed by atoms with Crippen molar-refractivity contribution < 1.29 is 0 Å². The van der Waals surface area contributed by atoms with Gasteiger partial charge >= 0.3 is 0 Å². The van der Waals surface area contributed by atoms with Gasteiger partial charge in [0.05, 0.1) is 11.7 Å². The summed E-state index contributed by atoms with van der Waals surface area (Å²) in [4.78, 5) is 6.07. The van der Waals surface area contributed by atoms with Crippen LogP contribution in [0, 0.1) is 0 Å². The first kappa shape index (κ1) is 12.2. The van der Waals surface area contributed by atoms with Gasteiger partial charge in [0.15, 0.2) is 0 Å². The molecule has 1 aromatic carbocycles. The summed E-state index contributed by atoms with van der Waals surface area (Å²) in [6.45, 7) is 1.12. The van der Waals surface area contributed by atoms with Gasteiger partial charge < -0.3 is 5.32 Å². The summed E-state index contributed by atoms with van der Waals surface area (Å²) in [5.74, 6) is 0. The van der Waals surface area contributed by atoms with Crippen molar-refractivity contribution in [1.29, 1.82) is 0 Å². The third kappa shape index (κ3) is 2.46. The van der Waals surface area contributed by atoms with Crippen molar-refractivity contribution in [2.75, 3.05) is 12.8 Å². The van der Waals surface area contributed by atoms with E-state index in [0.29, 0.717) is 6.04 Å². The minimum absolute atomic E-state index is 0.473. The number of thioether (sulfide) groups is 1. The Morgan fingerprint density at radius 1 is 1.33 bits per heavy atom. The molecule has 4 heteroatoms. The highest BCUT2D eigenvalue weighted by Gasteiger charge is 2.19. The van der Waals surface area contributed by atoms with E-state index in [1.165, 1.54) is 29.0 Å². The van der Waals surface area contributed by atoms with Crippen LogP contribution >= 0.6 is 23.1 Å². The smallest absolute Gasteiger partial charge is 0.123 e. The molecule has 18 heavy (non-hydrogen) atoms. The van der Waals surface area contributed by atoms with Crippen molar-refractivity contribution in [1.82, 2.24) is 10.3 Å². The Kier molecular flexibility index (Phi) is 3.68. The highest BCUT2D eigenvalue weighted by atomic mass is 32.2. The number of hydrogen-bond acceptors (Lipinski definition) is 4. The minimum atomic E-state index is 0.473. The van der Waals surface area contributed by atoms with Crippen LogP contribution in [0.2, 0.25) is 0 Å². The number of benzene rings is 1. The zero-order valence-corrected chi connectivity index (χ0v) is 12.0. The van der Waals surface area contributed by atoms with Crippen molar-refractivity contribution in [3.63, 3.8) is 0 Å². The van der Waals surface area contributed by atoms with Crippen LogP contribution in [0.15, 0.2) is 34.5 Å². The number of nitrogens with zero attached hydrogens (tertiary/aromatic N) is 1. The fourth-order valence-corrected chi connectivity index (χ4v) is 3.54. The molecule has 0 bridgehead atoms. The van der Waals surface area contributed by atoms with Gasteiger partial charge in [-0.1, -0.05) is 12.1 Å². The minimum Gasteiger partial charge on any atom is -0.309 e. The molecule has 2 nitrogen and oxygen atoms in total. The topological polar surface area (TPSA) is 24.9 Å². The van der Waals surface area contributed by atoms with E-state index < -0.39 is 0 Å². The van der Waals surface area contributed by atoms with Gasteiger partial charge in [-0.2, -0.15) is 0 Å². The van der Waals surface area contributed by atoms with Crippen LogP contribution in [0.1, 0.15) is 24.6 Å². The summed E-state index contributed by atoms with van der Waals surface area (Å²) >= 11 is 3.52. The molecule has 2 heterocycles. The average Bonchev–Trinajstić information content (AvgIpc) is 3.09. The second-order valence-corrected chi connectivity index (χ2v) is 6.19. The molecule has 1 atom stereocenters. The van der Waals surface area contributed by atoms with Crippen LogP contribution in [-0.2, 0) is 0 Å². The highest BCUT2D eigenvalue weighted by Crippen LogP contribution is 2.30. The molecule has 0 amide bonds. The van der Waals surface area contributed by atoms with Crippen LogP contribution in [0.3, 0.4) is 0 Å². The third-order valence-corrected chi connectivity index (χ3v) is 4.93. The van der Waals surface area contributed by atoms with E-state index >= 15 is 0 Å². The molecule has 0 unspecified atom stereocenters. The lowest BCUT2D eigenvalue weighted by molar-refractivity contribution is 0.632. The zero-order valence-electron chi connectivity index (χ0n) is 10.3. The van der Waals surface area contributed by atoms with Crippen LogP contribution in [0.25, 0.3) is 10.6 Å². The average molecular weight is 276 g/mol. The molecule has 1 aliphatic heterocycles. The van der Waals surface area contributed by atoms with Gasteiger partial charge in [0.1, 0.15) is 5.01 Å². The lowest BCUT2D eigenvalue weighted by atomic mass is 10.2. The summed E-state index contributed by atoms with van der Waals surface area (Å²) in [5.41, 5.74) is 2.43. The van der Waals surface area contributed by atoms with Crippen molar-refractivity contribution in [3.05, 3.63) is 35.3 Å². The Balaban J connectivity index is 1.82. The first-order chi connectivity index (χ1) is 8.86. The van der Waals surface area contributed by atoms with Crippen LogP contribution in [-0.4, -0.2) is 17.8 Å². The lowest BCUT2D eigenvalue weighted by Crippen LogP contribution is -2.12. The molecule has 3 rings (SSSR count). The molecule has 1 fully saturated rings. The monoisotopic (exact) mass is 276 g/mol. The molecule has 0 radical (unpaired) electrons. The van der Waals surface area contributed by atoms with Crippen molar-refractivity contribution in [2.24, 2.45) is 0 Å². The van der Waals surface area contributed by atoms with E-state index in [0.717, 1.165) is 11.6 Å². The van der Waals surface area contributed by atoms with E-state index in [1.54, 1.807) is 23.1 Å². The lowest BCUT2D eigenvalue weighted by Gasteiger charge is -2.05. The molecule has 2 aromatic rings. The summed E-state index contributed by atoms with van der Waals surface area (Å²) in [5, 5.41) is 6.82. The van der Waals surface area contributed by atoms with Gasteiger partial charge in [-0.15, -0.1) is 23.1 Å². The molecule has 0 aliphatic carbocycles. The largest absolute Gasteiger partial charge is 0.309 e. The summed E-state index contributed by atoms with van der Waals surface area (Å²) in [7, 11) is 0. The van der Waals surface area contributed by atoms with Gasteiger partial charge in [-0.3, -0.25) is 0 Å². The third-order valence-electron chi connectivity index (χ3n) is 3.28. The van der Waals surface area contributed by atoms with Crippen LogP contribution < -0.4 is 5.32 Å². The second kappa shape index (κ2) is 5.43. The van der Waals surface area contributed by atoms with E-state index in [4.69, 9.17) is 4.98 Å². The summed E-state index contributed by atoms with van der Waals surface area (Å²) < 4.78 is 0. The van der Waals surface area contributed by atoms with Crippen molar-refractivity contribution in [3.8, 4) is 10.6 Å². The van der Waals surface area contributed by atoms with E-state index in [9.17, 15) is 0 Å². The Labute approximate surface area is 116 Å². The number of thiazole rings is 1. The van der Waals surface area contributed by atoms with Gasteiger partial charge in [0, 0.05) is 15.8 Å². The van der Waals surface area contributed by atoms with Crippen LogP contribution in [0.5, 0.6) is 0 Å². The number of rotatable bonds is 3. The van der Waals surface area contributed by atoms with Gasteiger partial charge in [0.25, 0.3) is 0 Å². The van der Waals surface area contributed by atoms with Crippen molar-refractivity contribution in [2.45, 2.75) is 23.8 Å². The molecular formula is C14H16N2S2. The molecule has 1 aromatic heterocycles. The Morgan fingerprint density at radius 2 is 2.17 bits per heavy atom. The fraction of sp³-hybridized carbons (Fsp3) is 0.357. The maximum absolute atomic E-state index is 4.77. The van der Waals surface area contributed by atoms with Crippen LogP contribution in [0.4, 0.5) is 0 Å². The van der Waals surface area contributed by atoms with E-state index in [2.05, 4.69) is 41.2 Å². The van der Waals surface area contributed by atoms with Gasteiger partial charge in [-0.05, 0) is 37.8 Å². The molecular weight excluding hydrogens is 260 g/mol. The number of aromatic nitrogens is 1. The molecule has 0 saturated carbocycles. The first-order valence-electron chi connectivity index (χ1n) is 6.20. The second-order valence-electron chi connectivity index (χ2n) is 4.45. The molecule has 0 spiro atoms. The van der Waals surface area contributed by atoms with Gasteiger partial charge in [0.2, 0.25) is 0 Å². The Hall–Kier alpha value is -0.840. The molecule has 94 valence electrons. The maximum atomic E-state index is 4.77. The highest BCUT2D eigenvalue weighted by molar-refractivity contribution is 7.98.